The van der Waals surface area contributed by atoms with Crippen molar-refractivity contribution in [1.82, 2.24) is 0 Å². The maximum absolute atomic E-state index is 9.99. The number of hydrogen-bond donors (Lipinski definition) is 4. The van der Waals surface area contributed by atoms with Crippen molar-refractivity contribution in [2.24, 2.45) is 0 Å². The molecule has 1 unspecified atom stereocenters. The Bertz CT molecular complexity index is 482. The van der Waals surface area contributed by atoms with Gasteiger partial charge in [0.1, 0.15) is 24.4 Å². The standard InChI is InChI=1S/C18H28O7/c1-23-14(10-6-5-9-12-7-3-2-4-8-12)25-18-17(22)16(21)15(20)13(11-19)24-18/h2-4,7-8,13-22H,5-6,9-11H2,1H3/t13-,14?,15-,16+,17-,18+/m1/s1. The highest BCUT2D eigenvalue weighted by Gasteiger charge is 2.44. The molecule has 1 fully saturated rings. The minimum Gasteiger partial charge on any atom is -0.394 e. The number of hydrogen-bond acceptors (Lipinski definition) is 7. The first-order valence-corrected chi connectivity index (χ1v) is 8.59. The summed E-state index contributed by atoms with van der Waals surface area (Å²) in [6, 6.07) is 10.2. The molecule has 0 aliphatic carbocycles. The summed E-state index contributed by atoms with van der Waals surface area (Å²) in [6.45, 7) is -0.487. The Balaban J connectivity index is 1.78. The molecule has 0 bridgehead atoms. The van der Waals surface area contributed by atoms with Gasteiger partial charge < -0.3 is 34.6 Å². The van der Waals surface area contributed by atoms with E-state index in [9.17, 15) is 20.4 Å². The zero-order valence-electron chi connectivity index (χ0n) is 14.4. The van der Waals surface area contributed by atoms with Crippen molar-refractivity contribution in [2.45, 2.75) is 62.7 Å². The second-order valence-electron chi connectivity index (χ2n) is 6.23. The number of rotatable bonds is 9. The molecule has 0 radical (unpaired) electrons. The molecule has 1 saturated heterocycles. The van der Waals surface area contributed by atoms with Gasteiger partial charge in [-0.15, -0.1) is 0 Å². The summed E-state index contributed by atoms with van der Waals surface area (Å²) in [7, 11) is 1.49. The lowest BCUT2D eigenvalue weighted by Gasteiger charge is -2.40. The quantitative estimate of drug-likeness (QED) is 0.369. The third-order valence-electron chi connectivity index (χ3n) is 4.40. The van der Waals surface area contributed by atoms with Crippen molar-refractivity contribution in [3.8, 4) is 0 Å². The summed E-state index contributed by atoms with van der Waals surface area (Å²) < 4.78 is 16.2. The zero-order valence-corrected chi connectivity index (χ0v) is 14.4. The van der Waals surface area contributed by atoms with Gasteiger partial charge in [-0.25, -0.2) is 0 Å². The molecule has 7 heteroatoms. The summed E-state index contributed by atoms with van der Waals surface area (Å²) in [5, 5.41) is 38.7. The van der Waals surface area contributed by atoms with E-state index in [0.717, 1.165) is 19.3 Å². The van der Waals surface area contributed by atoms with Crippen LogP contribution < -0.4 is 0 Å². The van der Waals surface area contributed by atoms with Crippen molar-refractivity contribution in [3.63, 3.8) is 0 Å². The van der Waals surface area contributed by atoms with Crippen LogP contribution in [0.4, 0.5) is 0 Å². The minimum absolute atomic E-state index is 0.487. The monoisotopic (exact) mass is 356 g/mol. The molecule has 1 aromatic rings. The van der Waals surface area contributed by atoms with Gasteiger partial charge >= 0.3 is 0 Å². The molecular weight excluding hydrogens is 328 g/mol. The molecule has 0 saturated carbocycles. The van der Waals surface area contributed by atoms with E-state index >= 15 is 0 Å². The topological polar surface area (TPSA) is 109 Å². The highest BCUT2D eigenvalue weighted by Crippen LogP contribution is 2.24. The average molecular weight is 356 g/mol. The lowest BCUT2D eigenvalue weighted by Crippen LogP contribution is -2.59. The third kappa shape index (κ3) is 5.72. The molecular formula is C18H28O7. The Morgan fingerprint density at radius 2 is 1.76 bits per heavy atom. The van der Waals surface area contributed by atoms with Gasteiger partial charge in [0.15, 0.2) is 12.6 Å². The SMILES string of the molecule is COC(CCCCc1ccccc1)O[C@@H]1O[C@H](CO)[C@@H](O)[C@H](O)[C@H]1O. The number of unbranched alkanes of at least 4 members (excludes halogenated alkanes) is 1. The van der Waals surface area contributed by atoms with Gasteiger partial charge in [-0.1, -0.05) is 30.3 Å². The Hall–Kier alpha value is -1.06. The van der Waals surface area contributed by atoms with Crippen LogP contribution in [0.5, 0.6) is 0 Å². The Morgan fingerprint density at radius 3 is 2.40 bits per heavy atom. The van der Waals surface area contributed by atoms with Crippen molar-refractivity contribution in [3.05, 3.63) is 35.9 Å². The van der Waals surface area contributed by atoms with Crippen LogP contribution in [0.1, 0.15) is 24.8 Å². The van der Waals surface area contributed by atoms with Gasteiger partial charge in [0.2, 0.25) is 0 Å². The van der Waals surface area contributed by atoms with Gasteiger partial charge in [0.25, 0.3) is 0 Å². The predicted octanol–water partition coefficient (Wildman–Crippen LogP) is 0.188. The predicted molar refractivity (Wildman–Crippen MR) is 89.6 cm³/mol. The van der Waals surface area contributed by atoms with Crippen LogP contribution in [0.2, 0.25) is 0 Å². The second-order valence-corrected chi connectivity index (χ2v) is 6.23. The Morgan fingerprint density at radius 1 is 1.04 bits per heavy atom. The number of benzene rings is 1. The molecule has 25 heavy (non-hydrogen) atoms. The fourth-order valence-corrected chi connectivity index (χ4v) is 2.86. The van der Waals surface area contributed by atoms with Gasteiger partial charge in [0.05, 0.1) is 6.61 Å². The molecule has 0 spiro atoms. The van der Waals surface area contributed by atoms with E-state index in [1.165, 1.54) is 12.7 Å². The first kappa shape index (κ1) is 20.3. The van der Waals surface area contributed by atoms with E-state index in [0.29, 0.717) is 6.42 Å². The van der Waals surface area contributed by atoms with E-state index in [2.05, 4.69) is 12.1 Å². The lowest BCUT2D eigenvalue weighted by atomic mass is 9.99. The molecule has 6 atom stereocenters. The summed E-state index contributed by atoms with van der Waals surface area (Å²) in [4.78, 5) is 0. The lowest BCUT2D eigenvalue weighted by molar-refractivity contribution is -0.335. The molecule has 1 aromatic carbocycles. The van der Waals surface area contributed by atoms with E-state index in [-0.39, 0.29) is 0 Å². The first-order chi connectivity index (χ1) is 12.1. The van der Waals surface area contributed by atoms with Crippen LogP contribution in [-0.2, 0) is 20.6 Å². The fraction of sp³-hybridized carbons (Fsp3) is 0.667. The molecule has 1 aliphatic rings. The molecule has 7 nitrogen and oxygen atoms in total. The van der Waals surface area contributed by atoms with E-state index in [1.54, 1.807) is 0 Å². The van der Waals surface area contributed by atoms with E-state index < -0.39 is 43.6 Å². The molecule has 0 aromatic heterocycles. The normalized spacial score (nSPS) is 31.0. The summed E-state index contributed by atoms with van der Waals surface area (Å²) in [5.41, 5.74) is 1.27. The van der Waals surface area contributed by atoms with Crippen molar-refractivity contribution < 1.29 is 34.6 Å². The highest BCUT2D eigenvalue weighted by molar-refractivity contribution is 5.14. The smallest absolute Gasteiger partial charge is 0.189 e. The molecule has 2 rings (SSSR count). The van der Waals surface area contributed by atoms with Crippen LogP contribution >= 0.6 is 0 Å². The molecule has 1 heterocycles. The van der Waals surface area contributed by atoms with E-state index in [1.807, 2.05) is 18.2 Å². The number of aryl methyl sites for hydroxylation is 1. The minimum atomic E-state index is -1.45. The summed E-state index contributed by atoms with van der Waals surface area (Å²) in [6.07, 6.45) is -3.67. The number of ether oxygens (including phenoxy) is 3. The fourth-order valence-electron chi connectivity index (χ4n) is 2.86. The van der Waals surface area contributed by atoms with Gasteiger partial charge in [-0.05, 0) is 31.2 Å². The Kier molecular flexibility index (Phi) is 8.25. The van der Waals surface area contributed by atoms with Crippen LogP contribution in [0, 0.1) is 0 Å². The maximum atomic E-state index is 9.99. The van der Waals surface area contributed by atoms with Crippen LogP contribution in [-0.4, -0.2) is 71.1 Å². The number of methoxy groups -OCH3 is 1. The third-order valence-corrected chi connectivity index (χ3v) is 4.40. The Labute approximate surface area is 147 Å². The van der Waals surface area contributed by atoms with Crippen molar-refractivity contribution in [1.29, 1.82) is 0 Å². The van der Waals surface area contributed by atoms with Gasteiger partial charge in [0, 0.05) is 7.11 Å². The van der Waals surface area contributed by atoms with Crippen LogP contribution in [0.15, 0.2) is 30.3 Å². The number of aliphatic hydroxyl groups excluding tert-OH is 4. The highest BCUT2D eigenvalue weighted by atomic mass is 16.8. The van der Waals surface area contributed by atoms with Crippen molar-refractivity contribution >= 4 is 0 Å². The maximum Gasteiger partial charge on any atom is 0.189 e. The summed E-state index contributed by atoms with van der Waals surface area (Å²) in [5.74, 6) is 0. The average Bonchev–Trinajstić information content (AvgIpc) is 2.65. The molecule has 142 valence electrons. The molecule has 0 amide bonds. The van der Waals surface area contributed by atoms with Gasteiger partial charge in [-0.3, -0.25) is 0 Å². The van der Waals surface area contributed by atoms with Crippen LogP contribution in [0.3, 0.4) is 0 Å². The van der Waals surface area contributed by atoms with E-state index in [4.69, 9.17) is 14.2 Å². The second kappa shape index (κ2) is 10.2. The number of aliphatic hydroxyl groups is 4. The van der Waals surface area contributed by atoms with Crippen molar-refractivity contribution in [2.75, 3.05) is 13.7 Å². The molecule has 4 N–H and O–H groups in total. The van der Waals surface area contributed by atoms with Crippen LogP contribution in [0.25, 0.3) is 0 Å². The first-order valence-electron chi connectivity index (χ1n) is 8.59. The largest absolute Gasteiger partial charge is 0.394 e. The zero-order chi connectivity index (χ0) is 18.2. The molecule has 1 aliphatic heterocycles. The van der Waals surface area contributed by atoms with Gasteiger partial charge in [-0.2, -0.15) is 0 Å². The summed E-state index contributed by atoms with van der Waals surface area (Å²) >= 11 is 0.